The summed E-state index contributed by atoms with van der Waals surface area (Å²) in [6.45, 7) is 6.63. The molecule has 3 heteroatoms. The molecule has 1 aliphatic heterocycles. The quantitative estimate of drug-likeness (QED) is 0.708. The van der Waals surface area contributed by atoms with Crippen molar-refractivity contribution in [1.82, 2.24) is 4.90 Å². The molecule has 86 valence electrons. The Morgan fingerprint density at radius 2 is 2.13 bits per heavy atom. The van der Waals surface area contributed by atoms with Gasteiger partial charge in [-0.05, 0) is 31.1 Å². The molecule has 1 amide bonds. The summed E-state index contributed by atoms with van der Waals surface area (Å²) in [5.41, 5.74) is 0. The third kappa shape index (κ3) is 2.94. The summed E-state index contributed by atoms with van der Waals surface area (Å²) in [6.07, 6.45) is 3.83. The van der Waals surface area contributed by atoms with Gasteiger partial charge in [0.1, 0.15) is 6.61 Å². The first kappa shape index (κ1) is 10.9. The predicted molar refractivity (Wildman–Crippen MR) is 58.5 cm³/mol. The summed E-state index contributed by atoms with van der Waals surface area (Å²) in [7, 11) is 0. The molecular weight excluding hydrogens is 190 g/mol. The van der Waals surface area contributed by atoms with Gasteiger partial charge in [0.15, 0.2) is 0 Å². The number of carbonyl (C=O) groups is 1. The fraction of sp³-hybridized carbons (Fsp3) is 0.917. The van der Waals surface area contributed by atoms with Gasteiger partial charge in [0.25, 0.3) is 0 Å². The first-order valence-corrected chi connectivity index (χ1v) is 6.06. The fourth-order valence-electron chi connectivity index (χ4n) is 2.07. The standard InChI is InChI=1S/C12H21NO2/c1-9(2)10-5-6-13(7-10)12(14)8-15-11-3-4-11/h9-11H,3-8H2,1-2H3. The van der Waals surface area contributed by atoms with Gasteiger partial charge in [0.05, 0.1) is 6.10 Å². The lowest BCUT2D eigenvalue weighted by molar-refractivity contribution is -0.135. The Kier molecular flexibility index (Phi) is 3.29. The summed E-state index contributed by atoms with van der Waals surface area (Å²) in [4.78, 5) is 13.7. The molecule has 1 saturated heterocycles. The zero-order chi connectivity index (χ0) is 10.8. The van der Waals surface area contributed by atoms with E-state index in [0.29, 0.717) is 24.5 Å². The summed E-state index contributed by atoms with van der Waals surface area (Å²) >= 11 is 0. The van der Waals surface area contributed by atoms with E-state index in [1.807, 2.05) is 4.90 Å². The maximum Gasteiger partial charge on any atom is 0.248 e. The highest BCUT2D eigenvalue weighted by Gasteiger charge is 2.29. The van der Waals surface area contributed by atoms with Crippen molar-refractivity contribution in [3.8, 4) is 0 Å². The summed E-state index contributed by atoms with van der Waals surface area (Å²) in [5.74, 6) is 1.56. The lowest BCUT2D eigenvalue weighted by atomic mass is 9.95. The Balaban J connectivity index is 1.71. The Bertz CT molecular complexity index is 236. The summed E-state index contributed by atoms with van der Waals surface area (Å²) in [5, 5.41) is 0. The van der Waals surface area contributed by atoms with Crippen molar-refractivity contribution in [2.24, 2.45) is 11.8 Å². The molecule has 1 unspecified atom stereocenters. The van der Waals surface area contributed by atoms with Gasteiger partial charge in [0, 0.05) is 13.1 Å². The van der Waals surface area contributed by atoms with Crippen LogP contribution >= 0.6 is 0 Å². The fourth-order valence-corrected chi connectivity index (χ4v) is 2.07. The molecule has 0 bridgehead atoms. The van der Waals surface area contributed by atoms with Gasteiger partial charge in [-0.3, -0.25) is 4.79 Å². The van der Waals surface area contributed by atoms with E-state index >= 15 is 0 Å². The van der Waals surface area contributed by atoms with Crippen LogP contribution in [0.25, 0.3) is 0 Å². The molecule has 3 nitrogen and oxygen atoms in total. The Hall–Kier alpha value is -0.570. The average molecular weight is 211 g/mol. The maximum atomic E-state index is 11.7. The molecule has 2 rings (SSSR count). The van der Waals surface area contributed by atoms with E-state index in [0.717, 1.165) is 32.4 Å². The van der Waals surface area contributed by atoms with Crippen molar-refractivity contribution >= 4 is 5.91 Å². The summed E-state index contributed by atoms with van der Waals surface area (Å²) < 4.78 is 5.43. The molecule has 0 N–H and O–H groups in total. The van der Waals surface area contributed by atoms with E-state index in [2.05, 4.69) is 13.8 Å². The normalized spacial score (nSPS) is 26.3. The van der Waals surface area contributed by atoms with Crippen LogP contribution in [-0.2, 0) is 9.53 Å². The van der Waals surface area contributed by atoms with E-state index in [4.69, 9.17) is 4.74 Å². The molecule has 1 aliphatic carbocycles. The minimum Gasteiger partial charge on any atom is -0.368 e. The molecule has 1 heterocycles. The second-order valence-corrected chi connectivity index (χ2v) is 5.14. The van der Waals surface area contributed by atoms with E-state index in [-0.39, 0.29) is 5.91 Å². The molecule has 1 saturated carbocycles. The molecule has 1 atom stereocenters. The van der Waals surface area contributed by atoms with Crippen molar-refractivity contribution in [2.45, 2.75) is 39.2 Å². The van der Waals surface area contributed by atoms with Crippen molar-refractivity contribution in [3.63, 3.8) is 0 Å². The van der Waals surface area contributed by atoms with E-state index < -0.39 is 0 Å². The predicted octanol–water partition coefficient (Wildman–Crippen LogP) is 1.67. The van der Waals surface area contributed by atoms with Crippen LogP contribution in [0.4, 0.5) is 0 Å². The third-order valence-electron chi connectivity index (χ3n) is 3.49. The molecule has 0 aromatic carbocycles. The first-order chi connectivity index (χ1) is 7.16. The molecule has 0 aromatic heterocycles. The van der Waals surface area contributed by atoms with Gasteiger partial charge >= 0.3 is 0 Å². The number of hydrogen-bond acceptors (Lipinski definition) is 2. The zero-order valence-electron chi connectivity index (χ0n) is 9.74. The van der Waals surface area contributed by atoms with E-state index in [1.165, 1.54) is 0 Å². The minimum absolute atomic E-state index is 0.185. The number of rotatable bonds is 4. The Morgan fingerprint density at radius 3 is 2.67 bits per heavy atom. The molecular formula is C12H21NO2. The average Bonchev–Trinajstić information content (AvgIpc) is 2.88. The smallest absolute Gasteiger partial charge is 0.248 e. The zero-order valence-corrected chi connectivity index (χ0v) is 9.74. The van der Waals surface area contributed by atoms with Gasteiger partial charge in [-0.1, -0.05) is 13.8 Å². The highest BCUT2D eigenvalue weighted by Crippen LogP contribution is 2.25. The van der Waals surface area contributed by atoms with Crippen molar-refractivity contribution < 1.29 is 9.53 Å². The van der Waals surface area contributed by atoms with Crippen molar-refractivity contribution in [3.05, 3.63) is 0 Å². The Labute approximate surface area is 91.8 Å². The monoisotopic (exact) mass is 211 g/mol. The molecule has 2 fully saturated rings. The van der Waals surface area contributed by atoms with Gasteiger partial charge < -0.3 is 9.64 Å². The second kappa shape index (κ2) is 4.52. The first-order valence-electron chi connectivity index (χ1n) is 6.06. The van der Waals surface area contributed by atoms with E-state index in [1.54, 1.807) is 0 Å². The van der Waals surface area contributed by atoms with Crippen LogP contribution in [0.3, 0.4) is 0 Å². The van der Waals surface area contributed by atoms with Crippen LogP contribution < -0.4 is 0 Å². The second-order valence-electron chi connectivity index (χ2n) is 5.14. The van der Waals surface area contributed by atoms with Crippen LogP contribution in [0.2, 0.25) is 0 Å². The molecule has 0 radical (unpaired) electrons. The topological polar surface area (TPSA) is 29.5 Å². The highest BCUT2D eigenvalue weighted by molar-refractivity contribution is 5.77. The van der Waals surface area contributed by atoms with Gasteiger partial charge in [-0.2, -0.15) is 0 Å². The highest BCUT2D eigenvalue weighted by atomic mass is 16.5. The van der Waals surface area contributed by atoms with Crippen LogP contribution in [0.15, 0.2) is 0 Å². The van der Waals surface area contributed by atoms with Gasteiger partial charge in [-0.15, -0.1) is 0 Å². The maximum absolute atomic E-state index is 11.7. The molecule has 2 aliphatic rings. The Morgan fingerprint density at radius 1 is 1.40 bits per heavy atom. The lowest BCUT2D eigenvalue weighted by Crippen LogP contribution is -2.32. The summed E-state index contributed by atoms with van der Waals surface area (Å²) in [6, 6.07) is 0. The van der Waals surface area contributed by atoms with Gasteiger partial charge in [0.2, 0.25) is 5.91 Å². The molecule has 0 spiro atoms. The van der Waals surface area contributed by atoms with Crippen LogP contribution in [0.1, 0.15) is 33.1 Å². The lowest BCUT2D eigenvalue weighted by Gasteiger charge is -2.18. The van der Waals surface area contributed by atoms with Gasteiger partial charge in [-0.25, -0.2) is 0 Å². The van der Waals surface area contributed by atoms with Crippen molar-refractivity contribution in [2.75, 3.05) is 19.7 Å². The largest absolute Gasteiger partial charge is 0.368 e. The number of hydrogen-bond donors (Lipinski definition) is 0. The molecule has 0 aromatic rings. The number of nitrogens with zero attached hydrogens (tertiary/aromatic N) is 1. The number of carbonyl (C=O) groups excluding carboxylic acids is 1. The number of ether oxygens (including phenoxy) is 1. The van der Waals surface area contributed by atoms with Crippen LogP contribution in [0.5, 0.6) is 0 Å². The van der Waals surface area contributed by atoms with Crippen LogP contribution in [0, 0.1) is 11.8 Å². The third-order valence-corrected chi connectivity index (χ3v) is 3.49. The SMILES string of the molecule is CC(C)C1CCN(C(=O)COC2CC2)C1. The number of amides is 1. The minimum atomic E-state index is 0.185. The van der Waals surface area contributed by atoms with E-state index in [9.17, 15) is 4.79 Å². The number of likely N-dealkylation sites (tertiary alicyclic amines) is 1. The van der Waals surface area contributed by atoms with Crippen molar-refractivity contribution in [1.29, 1.82) is 0 Å². The molecule has 15 heavy (non-hydrogen) atoms. The van der Waals surface area contributed by atoms with Crippen LogP contribution in [-0.4, -0.2) is 36.6 Å².